The summed E-state index contributed by atoms with van der Waals surface area (Å²) in [6.45, 7) is 5.95. The summed E-state index contributed by atoms with van der Waals surface area (Å²) in [6, 6.07) is 13.7. The number of aryl methyl sites for hydroxylation is 2. The second-order valence-electron chi connectivity index (χ2n) is 12.5. The standard InChI is InChI=1S/C34H39N5O3.2C2HF3O2/c1-5-23(40)10-7-6-8-12-30(38-32(41)19-27-22(3)37-29-16-14-24(42-4)18-28(27)29)34-36-20-31(39-34)25-15-13-21(2)33-26(25)11-9-17-35-33;2*3-2(4,5)1(6)7/h9,11,13-18,20,30,37H,5-8,10,12,19H2,1-4H3,(H,36,39)(H,38,41);2*(H,6,7). The second kappa shape index (κ2) is 19.6. The molecule has 18 heteroatoms. The number of imidazole rings is 1. The van der Waals surface area contributed by atoms with Gasteiger partial charge in [0.05, 0.1) is 37.0 Å². The van der Waals surface area contributed by atoms with Gasteiger partial charge in [0.25, 0.3) is 0 Å². The number of benzene rings is 2. The molecule has 3 heterocycles. The Hall–Kier alpha value is -5.94. The van der Waals surface area contributed by atoms with E-state index in [9.17, 15) is 35.9 Å². The molecule has 0 aliphatic carbocycles. The molecule has 2 aromatic carbocycles. The molecule has 5 aromatic rings. The lowest BCUT2D eigenvalue weighted by Crippen LogP contribution is -2.30. The fraction of sp³-hybridized carbons (Fsp3) is 0.368. The minimum absolute atomic E-state index is 0.0732. The number of pyridine rings is 1. The maximum absolute atomic E-state index is 13.5. The van der Waals surface area contributed by atoms with Crippen molar-refractivity contribution in [1.29, 1.82) is 0 Å². The summed E-state index contributed by atoms with van der Waals surface area (Å²) in [4.78, 5) is 59.2. The number of hydrogen-bond acceptors (Lipinski definition) is 7. The number of ketones is 1. The number of carboxylic acids is 2. The molecule has 0 saturated carbocycles. The molecule has 0 bridgehead atoms. The Bertz CT molecular complexity index is 2120. The largest absolute Gasteiger partial charge is 0.497 e. The smallest absolute Gasteiger partial charge is 0.490 e. The lowest BCUT2D eigenvalue weighted by atomic mass is 10.0. The van der Waals surface area contributed by atoms with Gasteiger partial charge >= 0.3 is 24.3 Å². The van der Waals surface area contributed by atoms with E-state index in [4.69, 9.17) is 29.5 Å². The fourth-order valence-electron chi connectivity index (χ4n) is 5.62. The van der Waals surface area contributed by atoms with Crippen LogP contribution in [0.25, 0.3) is 33.1 Å². The maximum Gasteiger partial charge on any atom is 0.490 e. The number of amides is 1. The number of nitrogens with one attached hydrogen (secondary N) is 3. The lowest BCUT2D eigenvalue weighted by Gasteiger charge is -2.17. The van der Waals surface area contributed by atoms with E-state index in [2.05, 4.69) is 45.4 Å². The number of methoxy groups -OCH3 is 1. The van der Waals surface area contributed by atoms with Crippen LogP contribution in [0.1, 0.15) is 74.1 Å². The number of ether oxygens (including phenoxy) is 1. The zero-order valence-corrected chi connectivity index (χ0v) is 30.8. The Kier molecular flexibility index (Phi) is 15.6. The van der Waals surface area contributed by atoms with Crippen LogP contribution in [-0.2, 0) is 25.6 Å². The number of unbranched alkanes of at least 4 members (excludes halogenated alkanes) is 2. The first-order chi connectivity index (χ1) is 26.3. The third-order valence-electron chi connectivity index (χ3n) is 8.51. The molecule has 1 atom stereocenters. The number of carbonyl (C=O) groups excluding carboxylic acids is 2. The number of H-pyrrole nitrogens is 2. The van der Waals surface area contributed by atoms with Gasteiger partial charge in [0.1, 0.15) is 17.4 Å². The van der Waals surface area contributed by atoms with Gasteiger partial charge in [0.2, 0.25) is 5.91 Å². The number of hydrogen-bond donors (Lipinski definition) is 5. The van der Waals surface area contributed by atoms with Crippen molar-refractivity contribution < 1.29 is 60.5 Å². The quantitative estimate of drug-likeness (QED) is 0.0577. The summed E-state index contributed by atoms with van der Waals surface area (Å²) >= 11 is 0. The van der Waals surface area contributed by atoms with Crippen molar-refractivity contribution in [2.45, 2.75) is 84.1 Å². The predicted octanol–water partition coefficient (Wildman–Crippen LogP) is 8.33. The molecule has 56 heavy (non-hydrogen) atoms. The molecule has 3 aromatic heterocycles. The molecular weight excluding hydrogens is 752 g/mol. The van der Waals surface area contributed by atoms with Crippen LogP contribution in [0, 0.1) is 13.8 Å². The number of carbonyl (C=O) groups is 4. The van der Waals surface area contributed by atoms with Crippen LogP contribution >= 0.6 is 0 Å². The molecule has 0 aliphatic rings. The molecular formula is C38H41F6N5O7. The predicted molar refractivity (Wildman–Crippen MR) is 194 cm³/mol. The monoisotopic (exact) mass is 793 g/mol. The van der Waals surface area contributed by atoms with Gasteiger partial charge in [0.15, 0.2) is 0 Å². The average Bonchev–Trinajstić information content (AvgIpc) is 3.75. The highest BCUT2D eigenvalue weighted by molar-refractivity contribution is 5.95. The Morgan fingerprint density at radius 2 is 1.54 bits per heavy atom. The Balaban J connectivity index is 0.000000512. The molecule has 0 saturated heterocycles. The number of fused-ring (bicyclic) bond motifs is 2. The summed E-state index contributed by atoms with van der Waals surface area (Å²) in [7, 11) is 1.64. The van der Waals surface area contributed by atoms with Gasteiger partial charge in [-0.05, 0) is 62.1 Å². The molecule has 0 aliphatic heterocycles. The number of carboxylic acid groups (broad SMARTS) is 2. The Labute approximate surface area is 316 Å². The molecule has 1 unspecified atom stereocenters. The Morgan fingerprint density at radius 1 is 0.875 bits per heavy atom. The van der Waals surface area contributed by atoms with E-state index in [0.717, 1.165) is 87.1 Å². The lowest BCUT2D eigenvalue weighted by molar-refractivity contribution is -0.193. The van der Waals surface area contributed by atoms with Crippen LogP contribution in [0.4, 0.5) is 26.3 Å². The number of halogens is 6. The second-order valence-corrected chi connectivity index (χ2v) is 12.5. The first-order valence-electron chi connectivity index (χ1n) is 17.2. The van der Waals surface area contributed by atoms with E-state index in [0.29, 0.717) is 18.6 Å². The molecule has 0 fully saturated rings. The number of aromatic nitrogens is 4. The molecule has 12 nitrogen and oxygen atoms in total. The van der Waals surface area contributed by atoms with Crippen molar-refractivity contribution >= 4 is 45.4 Å². The molecule has 0 spiro atoms. The number of rotatable bonds is 13. The van der Waals surface area contributed by atoms with Crippen LogP contribution in [0.5, 0.6) is 5.75 Å². The molecule has 5 N–H and O–H groups in total. The van der Waals surface area contributed by atoms with Gasteiger partial charge in [-0.1, -0.05) is 38.0 Å². The SMILES string of the molecule is CCC(=O)CCCCCC(NC(=O)Cc1c(C)[nH]c2ccc(OC)cc12)c1ncc(-c2ccc(C)c3ncccc23)[nH]1.O=C(O)C(F)(F)F.O=C(O)C(F)(F)F. The van der Waals surface area contributed by atoms with E-state index in [1.807, 2.05) is 50.5 Å². The number of alkyl halides is 6. The summed E-state index contributed by atoms with van der Waals surface area (Å²) in [5, 5.41) is 19.5. The van der Waals surface area contributed by atoms with Gasteiger partial charge in [-0.3, -0.25) is 14.6 Å². The molecule has 0 radical (unpaired) electrons. The average molecular weight is 794 g/mol. The van der Waals surface area contributed by atoms with E-state index >= 15 is 0 Å². The van der Waals surface area contributed by atoms with Crippen LogP contribution < -0.4 is 10.1 Å². The first-order valence-corrected chi connectivity index (χ1v) is 17.2. The fourth-order valence-corrected chi connectivity index (χ4v) is 5.62. The van der Waals surface area contributed by atoms with Crippen molar-refractivity contribution in [3.8, 4) is 17.0 Å². The first kappa shape index (κ1) is 44.5. The normalized spacial score (nSPS) is 11.9. The summed E-state index contributed by atoms with van der Waals surface area (Å²) in [5.41, 5.74) is 6.88. The summed E-state index contributed by atoms with van der Waals surface area (Å²) in [6.07, 6.45) is -1.73. The molecule has 302 valence electrons. The van der Waals surface area contributed by atoms with Crippen LogP contribution in [0.3, 0.4) is 0 Å². The minimum Gasteiger partial charge on any atom is -0.497 e. The van der Waals surface area contributed by atoms with Gasteiger partial charge in [-0.15, -0.1) is 0 Å². The van der Waals surface area contributed by atoms with E-state index in [-0.39, 0.29) is 18.4 Å². The van der Waals surface area contributed by atoms with Crippen LogP contribution in [-0.4, -0.2) is 73.2 Å². The highest BCUT2D eigenvalue weighted by Gasteiger charge is 2.39. The molecule has 1 amide bonds. The Morgan fingerprint density at radius 3 is 2.14 bits per heavy atom. The maximum atomic E-state index is 13.5. The van der Waals surface area contributed by atoms with Crippen LogP contribution in [0.15, 0.2) is 54.9 Å². The number of aromatic amines is 2. The van der Waals surface area contributed by atoms with Gasteiger partial charge in [-0.2, -0.15) is 26.3 Å². The van der Waals surface area contributed by atoms with Crippen molar-refractivity contribution in [1.82, 2.24) is 25.3 Å². The van der Waals surface area contributed by atoms with E-state index < -0.39 is 24.3 Å². The van der Waals surface area contributed by atoms with Gasteiger partial charge in [0, 0.05) is 46.6 Å². The van der Waals surface area contributed by atoms with Crippen LogP contribution in [0.2, 0.25) is 0 Å². The highest BCUT2D eigenvalue weighted by Crippen LogP contribution is 2.31. The minimum atomic E-state index is -5.08. The summed E-state index contributed by atoms with van der Waals surface area (Å²) in [5.74, 6) is -3.82. The highest BCUT2D eigenvalue weighted by atomic mass is 19.4. The van der Waals surface area contributed by atoms with E-state index in [1.165, 1.54) is 0 Å². The van der Waals surface area contributed by atoms with E-state index in [1.54, 1.807) is 7.11 Å². The number of aliphatic carboxylic acids is 2. The molecule has 5 rings (SSSR count). The van der Waals surface area contributed by atoms with Crippen molar-refractivity contribution in [2.24, 2.45) is 0 Å². The summed E-state index contributed by atoms with van der Waals surface area (Å²) < 4.78 is 68.9. The number of nitrogens with zero attached hydrogens (tertiary/aromatic N) is 2. The van der Waals surface area contributed by atoms with Gasteiger partial charge in [-0.25, -0.2) is 14.6 Å². The third kappa shape index (κ3) is 12.6. The van der Waals surface area contributed by atoms with Crippen molar-refractivity contribution in [2.75, 3.05) is 7.11 Å². The van der Waals surface area contributed by atoms with Crippen molar-refractivity contribution in [3.63, 3.8) is 0 Å². The van der Waals surface area contributed by atoms with Gasteiger partial charge < -0.3 is 30.2 Å². The topological polar surface area (TPSA) is 187 Å². The zero-order valence-electron chi connectivity index (χ0n) is 30.8. The zero-order chi connectivity index (χ0) is 41.8. The third-order valence-corrected chi connectivity index (χ3v) is 8.51. The number of Topliss-reactive ketones (excluding diaryl/α,β-unsaturated/α-hetero) is 1. The van der Waals surface area contributed by atoms with Crippen molar-refractivity contribution in [3.05, 3.63) is 77.5 Å².